The predicted molar refractivity (Wildman–Crippen MR) is 105 cm³/mol. The fraction of sp³-hybridized carbons (Fsp3) is 0.100. The summed E-state index contributed by atoms with van der Waals surface area (Å²) in [5, 5.41) is 5.27. The van der Waals surface area contributed by atoms with Gasteiger partial charge >= 0.3 is 6.61 Å². The van der Waals surface area contributed by atoms with Crippen molar-refractivity contribution in [1.29, 1.82) is 0 Å². The highest BCUT2D eigenvalue weighted by Gasteiger charge is 2.13. The Morgan fingerprint density at radius 1 is 1.18 bits per heavy atom. The Balaban J connectivity index is 1.81. The maximum absolute atomic E-state index is 12.3. The van der Waals surface area contributed by atoms with Crippen molar-refractivity contribution < 1.29 is 18.3 Å². The van der Waals surface area contributed by atoms with E-state index in [2.05, 4.69) is 9.84 Å². The Hall–Kier alpha value is -2.70. The average Bonchev–Trinajstić information content (AvgIpc) is 2.94. The molecule has 0 fully saturated rings. The minimum absolute atomic E-state index is 0.0165. The molecule has 1 aromatic heterocycles. The number of nitrogens with zero attached hydrogens (tertiary/aromatic N) is 2. The van der Waals surface area contributed by atoms with Gasteiger partial charge in [0.2, 0.25) is 0 Å². The van der Waals surface area contributed by atoms with Crippen LogP contribution in [0.4, 0.5) is 8.78 Å². The largest absolute Gasteiger partial charge is 0.435 e. The third-order valence-corrected chi connectivity index (χ3v) is 4.46. The molecule has 0 radical (unpaired) electrons. The number of alkyl halides is 2. The highest BCUT2D eigenvalue weighted by Crippen LogP contribution is 2.26. The van der Waals surface area contributed by atoms with Crippen molar-refractivity contribution >= 4 is 35.1 Å². The quantitative estimate of drug-likeness (QED) is 0.362. The number of carbonyl (C=O) groups is 1. The predicted octanol–water partition coefficient (Wildman–Crippen LogP) is 5.99. The van der Waals surface area contributed by atoms with Crippen LogP contribution in [0.2, 0.25) is 10.2 Å². The van der Waals surface area contributed by atoms with Gasteiger partial charge in [-0.05, 0) is 61.5 Å². The van der Waals surface area contributed by atoms with E-state index in [1.54, 1.807) is 31.2 Å². The van der Waals surface area contributed by atoms with Crippen LogP contribution in [0.25, 0.3) is 11.8 Å². The fourth-order valence-electron chi connectivity index (χ4n) is 2.54. The van der Waals surface area contributed by atoms with E-state index in [4.69, 9.17) is 23.2 Å². The summed E-state index contributed by atoms with van der Waals surface area (Å²) >= 11 is 12.4. The molecule has 28 heavy (non-hydrogen) atoms. The molecule has 8 heteroatoms. The molecule has 0 saturated carbocycles. The smallest absolute Gasteiger partial charge is 0.387 e. The second kappa shape index (κ2) is 8.54. The third-order valence-electron chi connectivity index (χ3n) is 3.87. The minimum Gasteiger partial charge on any atom is -0.435 e. The fourth-order valence-corrected chi connectivity index (χ4v) is 3.05. The lowest BCUT2D eigenvalue weighted by Gasteiger charge is -2.04. The van der Waals surface area contributed by atoms with E-state index in [0.717, 1.165) is 0 Å². The summed E-state index contributed by atoms with van der Waals surface area (Å²) in [6.07, 6.45) is 2.92. The van der Waals surface area contributed by atoms with Gasteiger partial charge in [-0.25, -0.2) is 4.68 Å². The number of ether oxygens (including phenoxy) is 1. The molecule has 0 spiro atoms. The van der Waals surface area contributed by atoms with E-state index < -0.39 is 6.61 Å². The normalized spacial score (nSPS) is 11.4. The summed E-state index contributed by atoms with van der Waals surface area (Å²) in [4.78, 5) is 12.3. The zero-order chi connectivity index (χ0) is 20.3. The van der Waals surface area contributed by atoms with E-state index in [1.807, 2.05) is 6.07 Å². The summed E-state index contributed by atoms with van der Waals surface area (Å²) in [5.74, 6) is -0.327. The van der Waals surface area contributed by atoms with E-state index in [9.17, 15) is 13.6 Å². The molecule has 4 nitrogen and oxygen atoms in total. The van der Waals surface area contributed by atoms with Crippen LogP contribution < -0.4 is 4.74 Å². The summed E-state index contributed by atoms with van der Waals surface area (Å²) in [6, 6.07) is 12.5. The molecule has 0 unspecified atom stereocenters. The molecule has 0 atom stereocenters. The number of benzene rings is 2. The zero-order valence-electron chi connectivity index (χ0n) is 14.6. The molecule has 0 N–H and O–H groups in total. The molecule has 0 aliphatic rings. The van der Waals surface area contributed by atoms with Crippen LogP contribution in [0, 0.1) is 6.92 Å². The summed E-state index contributed by atoms with van der Waals surface area (Å²) in [7, 11) is 0. The SMILES string of the molecule is Cc1nn(-c2cccc(Cl)c2)c(Cl)c1C=CC(=O)c1ccc(OC(F)F)cc1. The monoisotopic (exact) mass is 422 g/mol. The molecule has 0 aliphatic heterocycles. The van der Waals surface area contributed by atoms with E-state index in [-0.39, 0.29) is 11.5 Å². The van der Waals surface area contributed by atoms with Gasteiger partial charge in [-0.2, -0.15) is 13.9 Å². The highest BCUT2D eigenvalue weighted by atomic mass is 35.5. The van der Waals surface area contributed by atoms with Crippen LogP contribution in [-0.4, -0.2) is 22.2 Å². The molecule has 144 valence electrons. The van der Waals surface area contributed by atoms with Gasteiger partial charge in [-0.3, -0.25) is 4.79 Å². The number of halogens is 4. The van der Waals surface area contributed by atoms with E-state index >= 15 is 0 Å². The summed E-state index contributed by atoms with van der Waals surface area (Å²) in [6.45, 7) is -1.14. The molecule has 0 saturated heterocycles. The highest BCUT2D eigenvalue weighted by molar-refractivity contribution is 6.32. The van der Waals surface area contributed by atoms with Gasteiger partial charge in [0.15, 0.2) is 5.78 Å². The second-order valence-corrected chi connectivity index (χ2v) is 6.58. The second-order valence-electron chi connectivity index (χ2n) is 5.78. The first-order valence-electron chi connectivity index (χ1n) is 8.13. The van der Waals surface area contributed by atoms with Gasteiger partial charge in [-0.1, -0.05) is 29.3 Å². The Morgan fingerprint density at radius 3 is 2.54 bits per heavy atom. The average molecular weight is 423 g/mol. The van der Waals surface area contributed by atoms with Gasteiger partial charge < -0.3 is 4.74 Å². The minimum atomic E-state index is -2.91. The van der Waals surface area contributed by atoms with Crippen LogP contribution in [0.1, 0.15) is 21.6 Å². The zero-order valence-corrected chi connectivity index (χ0v) is 16.1. The van der Waals surface area contributed by atoms with Gasteiger partial charge in [0.05, 0.1) is 11.4 Å². The summed E-state index contributed by atoms with van der Waals surface area (Å²) < 4.78 is 30.2. The van der Waals surface area contributed by atoms with Crippen molar-refractivity contribution in [3.63, 3.8) is 0 Å². The molecule has 0 amide bonds. The van der Waals surface area contributed by atoms with Gasteiger partial charge in [-0.15, -0.1) is 0 Å². The molecule has 0 bridgehead atoms. The summed E-state index contributed by atoms with van der Waals surface area (Å²) in [5.41, 5.74) is 2.25. The molecular formula is C20H14Cl2F2N2O2. The number of hydrogen-bond donors (Lipinski definition) is 0. The van der Waals surface area contributed by atoms with Gasteiger partial charge in [0.1, 0.15) is 10.9 Å². The number of aromatic nitrogens is 2. The molecule has 1 heterocycles. The lowest BCUT2D eigenvalue weighted by atomic mass is 10.1. The van der Waals surface area contributed by atoms with Crippen LogP contribution >= 0.6 is 23.2 Å². The van der Waals surface area contributed by atoms with Crippen molar-refractivity contribution in [3.8, 4) is 11.4 Å². The number of hydrogen-bond acceptors (Lipinski definition) is 3. The van der Waals surface area contributed by atoms with Crippen molar-refractivity contribution in [1.82, 2.24) is 9.78 Å². The van der Waals surface area contributed by atoms with Crippen molar-refractivity contribution in [2.75, 3.05) is 0 Å². The van der Waals surface area contributed by atoms with Gasteiger partial charge in [0, 0.05) is 16.1 Å². The molecular weight excluding hydrogens is 409 g/mol. The molecule has 0 aliphatic carbocycles. The van der Waals surface area contributed by atoms with Crippen LogP contribution in [0.5, 0.6) is 5.75 Å². The van der Waals surface area contributed by atoms with E-state index in [0.29, 0.717) is 32.7 Å². The molecule has 3 rings (SSSR count). The van der Waals surface area contributed by atoms with Gasteiger partial charge in [0.25, 0.3) is 0 Å². The molecule has 2 aromatic carbocycles. The van der Waals surface area contributed by atoms with Crippen molar-refractivity contribution in [2.45, 2.75) is 13.5 Å². The van der Waals surface area contributed by atoms with E-state index in [1.165, 1.54) is 35.0 Å². The number of rotatable bonds is 6. The third kappa shape index (κ3) is 4.58. The first-order chi connectivity index (χ1) is 13.3. The van der Waals surface area contributed by atoms with Crippen molar-refractivity contribution in [3.05, 3.63) is 81.6 Å². The maximum atomic E-state index is 12.3. The number of allylic oxidation sites excluding steroid dienone is 1. The number of carbonyl (C=O) groups excluding carboxylic acids is 1. The lowest BCUT2D eigenvalue weighted by Crippen LogP contribution is -2.02. The maximum Gasteiger partial charge on any atom is 0.387 e. The van der Waals surface area contributed by atoms with Crippen LogP contribution in [0.15, 0.2) is 54.6 Å². The van der Waals surface area contributed by atoms with Crippen molar-refractivity contribution in [2.24, 2.45) is 0 Å². The van der Waals surface area contributed by atoms with Crippen LogP contribution in [0.3, 0.4) is 0 Å². The number of aryl methyl sites for hydroxylation is 1. The molecule has 3 aromatic rings. The first kappa shape index (κ1) is 20.0. The number of ketones is 1. The lowest BCUT2D eigenvalue weighted by molar-refractivity contribution is -0.0498. The Labute approximate surface area is 170 Å². The Kier molecular flexibility index (Phi) is 6.11. The first-order valence-corrected chi connectivity index (χ1v) is 8.89. The Morgan fingerprint density at radius 2 is 1.89 bits per heavy atom. The Bertz CT molecular complexity index is 1030. The standard InChI is InChI=1S/C20H14Cl2F2N2O2/c1-12-17(19(22)26(25-12)15-4-2-3-14(21)11-15)9-10-18(27)13-5-7-16(8-6-13)28-20(23)24/h2-11,20H,1H3. The topological polar surface area (TPSA) is 44.1 Å². The van der Waals surface area contributed by atoms with Crippen LogP contribution in [-0.2, 0) is 0 Å².